The monoisotopic (exact) mass is 245 g/mol. The van der Waals surface area contributed by atoms with E-state index < -0.39 is 5.91 Å². The molecule has 0 atom stereocenters. The molecule has 3 nitrogen and oxygen atoms in total. The van der Waals surface area contributed by atoms with Crippen molar-refractivity contribution in [3.8, 4) is 0 Å². The van der Waals surface area contributed by atoms with Crippen LogP contribution < -0.4 is 5.32 Å². The molecule has 0 saturated heterocycles. The number of aliphatic hydroxyl groups is 2. The van der Waals surface area contributed by atoms with Crippen LogP contribution in [0, 0.1) is 0 Å². The standard InChI is InChI=1S/C9H11NO2.BrH/c11-9(12)8-4-2-1-3-7(8)5-6-10-9;/h1-4,10-12H,5-6H2;1H. The van der Waals surface area contributed by atoms with Crippen LogP contribution in [0.1, 0.15) is 11.1 Å². The van der Waals surface area contributed by atoms with Gasteiger partial charge in [-0.05, 0) is 12.0 Å². The Labute approximate surface area is 87.2 Å². The van der Waals surface area contributed by atoms with Gasteiger partial charge in [-0.25, -0.2) is 0 Å². The highest BCUT2D eigenvalue weighted by Crippen LogP contribution is 2.23. The van der Waals surface area contributed by atoms with Crippen LogP contribution in [-0.2, 0) is 12.3 Å². The molecule has 0 aromatic heterocycles. The molecule has 0 amide bonds. The molecule has 0 fully saturated rings. The predicted octanol–water partition coefficient (Wildman–Crippen LogP) is 0.505. The van der Waals surface area contributed by atoms with Crippen molar-refractivity contribution in [1.82, 2.24) is 5.32 Å². The molecule has 72 valence electrons. The van der Waals surface area contributed by atoms with Gasteiger partial charge in [-0.2, -0.15) is 0 Å². The van der Waals surface area contributed by atoms with Gasteiger partial charge in [0.2, 0.25) is 0 Å². The van der Waals surface area contributed by atoms with Gasteiger partial charge in [-0.1, -0.05) is 24.3 Å². The fourth-order valence-electron chi connectivity index (χ4n) is 1.55. The first kappa shape index (κ1) is 10.7. The molecule has 4 heteroatoms. The van der Waals surface area contributed by atoms with Gasteiger partial charge in [0, 0.05) is 12.1 Å². The van der Waals surface area contributed by atoms with E-state index in [2.05, 4.69) is 5.32 Å². The van der Waals surface area contributed by atoms with Crippen LogP contribution in [0.15, 0.2) is 24.3 Å². The first-order valence-corrected chi connectivity index (χ1v) is 3.98. The van der Waals surface area contributed by atoms with E-state index >= 15 is 0 Å². The van der Waals surface area contributed by atoms with Gasteiger partial charge in [0.05, 0.1) is 0 Å². The van der Waals surface area contributed by atoms with Gasteiger partial charge in [0.25, 0.3) is 5.91 Å². The smallest absolute Gasteiger partial charge is 0.251 e. The lowest BCUT2D eigenvalue weighted by Crippen LogP contribution is -2.47. The van der Waals surface area contributed by atoms with Gasteiger partial charge in [-0.15, -0.1) is 17.0 Å². The van der Waals surface area contributed by atoms with E-state index in [9.17, 15) is 10.2 Å². The van der Waals surface area contributed by atoms with E-state index in [1.165, 1.54) is 0 Å². The van der Waals surface area contributed by atoms with Crippen molar-refractivity contribution < 1.29 is 10.2 Å². The van der Waals surface area contributed by atoms with Crippen LogP contribution in [-0.4, -0.2) is 16.8 Å². The van der Waals surface area contributed by atoms with Crippen molar-refractivity contribution in [2.45, 2.75) is 12.3 Å². The third-order valence-electron chi connectivity index (χ3n) is 2.16. The van der Waals surface area contributed by atoms with E-state index in [4.69, 9.17) is 0 Å². The Morgan fingerprint density at radius 1 is 1.23 bits per heavy atom. The summed E-state index contributed by atoms with van der Waals surface area (Å²) in [5, 5.41) is 21.6. The zero-order chi connectivity index (χ0) is 8.60. The van der Waals surface area contributed by atoms with E-state index in [0.29, 0.717) is 12.1 Å². The molecular formula is C9H12BrNO2. The summed E-state index contributed by atoms with van der Waals surface area (Å²) in [7, 11) is 0. The molecule has 0 spiro atoms. The molecule has 13 heavy (non-hydrogen) atoms. The lowest BCUT2D eigenvalue weighted by atomic mass is 9.98. The molecule has 1 heterocycles. The SMILES string of the molecule is Br.OC1(O)NCCc2ccccc21. The van der Waals surface area contributed by atoms with Crippen LogP contribution in [0.2, 0.25) is 0 Å². The molecule has 0 saturated carbocycles. The zero-order valence-electron chi connectivity index (χ0n) is 7.03. The van der Waals surface area contributed by atoms with Crippen molar-refractivity contribution in [1.29, 1.82) is 0 Å². The van der Waals surface area contributed by atoms with Crippen LogP contribution in [0.3, 0.4) is 0 Å². The number of nitrogens with one attached hydrogen (secondary N) is 1. The number of fused-ring (bicyclic) bond motifs is 1. The molecular weight excluding hydrogens is 234 g/mol. The average molecular weight is 246 g/mol. The van der Waals surface area contributed by atoms with E-state index in [1.54, 1.807) is 12.1 Å². The molecule has 1 aliphatic heterocycles. The number of hydrogen-bond acceptors (Lipinski definition) is 3. The van der Waals surface area contributed by atoms with Gasteiger partial charge in [-0.3, -0.25) is 5.32 Å². The summed E-state index contributed by atoms with van der Waals surface area (Å²) < 4.78 is 0. The van der Waals surface area contributed by atoms with Gasteiger partial charge < -0.3 is 10.2 Å². The molecule has 0 aliphatic carbocycles. The second kappa shape index (κ2) is 3.75. The van der Waals surface area contributed by atoms with E-state index in [1.807, 2.05) is 12.1 Å². The highest BCUT2D eigenvalue weighted by atomic mass is 79.9. The van der Waals surface area contributed by atoms with Crippen molar-refractivity contribution in [2.24, 2.45) is 0 Å². The Balaban J connectivity index is 0.000000845. The Hall–Kier alpha value is -0.420. The Bertz CT molecular complexity index is 301. The summed E-state index contributed by atoms with van der Waals surface area (Å²) in [6, 6.07) is 7.34. The minimum absolute atomic E-state index is 0. The highest BCUT2D eigenvalue weighted by Gasteiger charge is 2.30. The first-order valence-electron chi connectivity index (χ1n) is 3.98. The molecule has 1 aliphatic rings. The lowest BCUT2D eigenvalue weighted by molar-refractivity contribution is -0.198. The Morgan fingerprint density at radius 2 is 1.92 bits per heavy atom. The highest BCUT2D eigenvalue weighted by molar-refractivity contribution is 8.93. The maximum atomic E-state index is 9.47. The van der Waals surface area contributed by atoms with Crippen LogP contribution >= 0.6 is 17.0 Å². The fraction of sp³-hybridized carbons (Fsp3) is 0.333. The summed E-state index contributed by atoms with van der Waals surface area (Å²) >= 11 is 0. The van der Waals surface area contributed by atoms with E-state index in [-0.39, 0.29) is 17.0 Å². The number of halogens is 1. The quantitative estimate of drug-likeness (QED) is 0.584. The zero-order valence-corrected chi connectivity index (χ0v) is 8.74. The molecule has 0 radical (unpaired) electrons. The van der Waals surface area contributed by atoms with Crippen molar-refractivity contribution in [3.05, 3.63) is 35.4 Å². The molecule has 0 unspecified atom stereocenters. The van der Waals surface area contributed by atoms with Crippen molar-refractivity contribution >= 4 is 17.0 Å². The second-order valence-electron chi connectivity index (χ2n) is 3.01. The minimum Gasteiger partial charge on any atom is -0.350 e. The second-order valence-corrected chi connectivity index (χ2v) is 3.01. The normalized spacial score (nSPS) is 18.6. The minimum atomic E-state index is -1.84. The van der Waals surface area contributed by atoms with Crippen LogP contribution in [0.5, 0.6) is 0 Å². The number of hydrogen-bond donors (Lipinski definition) is 3. The maximum absolute atomic E-state index is 9.47. The van der Waals surface area contributed by atoms with Crippen LogP contribution in [0.4, 0.5) is 0 Å². The average Bonchev–Trinajstić information content (AvgIpc) is 2.04. The van der Waals surface area contributed by atoms with Crippen molar-refractivity contribution in [2.75, 3.05) is 6.54 Å². The summed E-state index contributed by atoms with van der Waals surface area (Å²) in [5.74, 6) is -1.84. The van der Waals surface area contributed by atoms with Gasteiger partial charge >= 0.3 is 0 Å². The Kier molecular flexibility index (Phi) is 3.08. The molecule has 0 bridgehead atoms. The topological polar surface area (TPSA) is 52.5 Å². The third kappa shape index (κ3) is 1.91. The first-order chi connectivity index (χ1) is 5.70. The molecule has 1 aromatic carbocycles. The van der Waals surface area contributed by atoms with Crippen LogP contribution in [0.25, 0.3) is 0 Å². The molecule has 2 rings (SSSR count). The summed E-state index contributed by atoms with van der Waals surface area (Å²) in [6.07, 6.45) is 0.846. The predicted molar refractivity (Wildman–Crippen MR) is 54.6 cm³/mol. The number of rotatable bonds is 0. The fourth-order valence-corrected chi connectivity index (χ4v) is 1.55. The number of benzene rings is 1. The largest absolute Gasteiger partial charge is 0.350 e. The molecule has 1 aromatic rings. The lowest BCUT2D eigenvalue weighted by Gasteiger charge is -2.30. The third-order valence-corrected chi connectivity index (χ3v) is 2.16. The summed E-state index contributed by atoms with van der Waals surface area (Å²) in [6.45, 7) is 0.601. The Morgan fingerprint density at radius 3 is 2.62 bits per heavy atom. The summed E-state index contributed by atoms with van der Waals surface area (Å²) in [5.41, 5.74) is 1.57. The van der Waals surface area contributed by atoms with Crippen molar-refractivity contribution in [3.63, 3.8) is 0 Å². The van der Waals surface area contributed by atoms with Gasteiger partial charge in [0.1, 0.15) is 0 Å². The summed E-state index contributed by atoms with van der Waals surface area (Å²) in [4.78, 5) is 0. The van der Waals surface area contributed by atoms with E-state index in [0.717, 1.165) is 12.0 Å². The molecule has 3 N–H and O–H groups in total. The van der Waals surface area contributed by atoms with Gasteiger partial charge in [0.15, 0.2) is 0 Å². The maximum Gasteiger partial charge on any atom is 0.251 e.